The van der Waals surface area contributed by atoms with Crippen LogP contribution in [0.2, 0.25) is 0 Å². The lowest BCUT2D eigenvalue weighted by molar-refractivity contribution is 0.236. The lowest BCUT2D eigenvalue weighted by Gasteiger charge is -2.39. The van der Waals surface area contributed by atoms with Gasteiger partial charge < -0.3 is 5.32 Å². The monoisotopic (exact) mass is 321 g/mol. The van der Waals surface area contributed by atoms with E-state index in [-0.39, 0.29) is 6.04 Å². The lowest BCUT2D eigenvalue weighted by Crippen LogP contribution is -2.44. The third-order valence-electron chi connectivity index (χ3n) is 5.02. The fourth-order valence-electron chi connectivity index (χ4n) is 3.55. The predicted octanol–water partition coefficient (Wildman–Crippen LogP) is 3.36. The van der Waals surface area contributed by atoms with Crippen molar-refractivity contribution in [2.75, 3.05) is 0 Å². The lowest BCUT2D eigenvalue weighted by atomic mass is 9.75. The number of nitrogens with one attached hydrogen (secondary N) is 1. The Hall–Kier alpha value is -2.27. The van der Waals surface area contributed by atoms with Crippen LogP contribution in [-0.2, 0) is 0 Å². The molecule has 0 spiro atoms. The van der Waals surface area contributed by atoms with E-state index in [1.165, 1.54) is 18.4 Å². The molecule has 0 radical (unpaired) electrons. The number of pyridine rings is 2. The molecular formula is C19H23N5. The second-order valence-corrected chi connectivity index (χ2v) is 7.02. The van der Waals surface area contributed by atoms with Crippen molar-refractivity contribution in [2.45, 2.75) is 44.7 Å². The molecule has 3 aromatic heterocycles. The molecule has 0 bridgehead atoms. The van der Waals surface area contributed by atoms with Crippen molar-refractivity contribution >= 4 is 5.65 Å². The highest BCUT2D eigenvalue weighted by Crippen LogP contribution is 2.38. The van der Waals surface area contributed by atoms with Crippen molar-refractivity contribution in [3.63, 3.8) is 0 Å². The molecule has 24 heavy (non-hydrogen) atoms. The van der Waals surface area contributed by atoms with Crippen molar-refractivity contribution < 1.29 is 0 Å². The van der Waals surface area contributed by atoms with Gasteiger partial charge in [0, 0.05) is 24.6 Å². The molecule has 0 amide bonds. The Morgan fingerprint density at radius 1 is 1.08 bits per heavy atom. The highest BCUT2D eigenvalue weighted by molar-refractivity contribution is 5.37. The van der Waals surface area contributed by atoms with Gasteiger partial charge in [-0.25, -0.2) is 0 Å². The van der Waals surface area contributed by atoms with Gasteiger partial charge in [0.15, 0.2) is 11.5 Å². The summed E-state index contributed by atoms with van der Waals surface area (Å²) in [6, 6.07) is 11.0. The largest absolute Gasteiger partial charge is 0.304 e. The molecule has 1 N–H and O–H groups in total. The van der Waals surface area contributed by atoms with Crippen LogP contribution in [0.5, 0.6) is 0 Å². The van der Waals surface area contributed by atoms with Crippen LogP contribution >= 0.6 is 0 Å². The van der Waals surface area contributed by atoms with E-state index in [9.17, 15) is 0 Å². The minimum Gasteiger partial charge on any atom is -0.304 e. The van der Waals surface area contributed by atoms with Gasteiger partial charge in [0.05, 0.1) is 6.04 Å². The zero-order valence-corrected chi connectivity index (χ0v) is 14.1. The number of nitrogens with zero attached hydrogens (tertiary/aromatic N) is 4. The molecule has 1 fully saturated rings. The SMILES string of the molecule is CC(C)C(NC1CC(c2ccncc2)C1)c1nnc2ccccn12. The zero-order valence-electron chi connectivity index (χ0n) is 14.1. The summed E-state index contributed by atoms with van der Waals surface area (Å²) in [5, 5.41) is 12.6. The molecule has 5 nitrogen and oxygen atoms in total. The number of fused-ring (bicyclic) bond motifs is 1. The average Bonchev–Trinajstić information content (AvgIpc) is 2.98. The zero-order chi connectivity index (χ0) is 16.5. The summed E-state index contributed by atoms with van der Waals surface area (Å²) in [6.07, 6.45) is 8.15. The predicted molar refractivity (Wildman–Crippen MR) is 93.7 cm³/mol. The van der Waals surface area contributed by atoms with E-state index in [0.717, 1.165) is 11.5 Å². The third kappa shape index (κ3) is 2.80. The van der Waals surface area contributed by atoms with Crippen molar-refractivity contribution in [3.05, 3.63) is 60.3 Å². The smallest absolute Gasteiger partial charge is 0.160 e. The second-order valence-electron chi connectivity index (χ2n) is 7.02. The number of rotatable bonds is 5. The van der Waals surface area contributed by atoms with Gasteiger partial charge in [0.2, 0.25) is 0 Å². The van der Waals surface area contributed by atoms with Crippen LogP contribution in [0.25, 0.3) is 5.65 Å². The topological polar surface area (TPSA) is 55.1 Å². The Morgan fingerprint density at radius 3 is 2.62 bits per heavy atom. The summed E-state index contributed by atoms with van der Waals surface area (Å²) < 4.78 is 2.09. The van der Waals surface area contributed by atoms with Crippen molar-refractivity contribution in [3.8, 4) is 0 Å². The van der Waals surface area contributed by atoms with Crippen LogP contribution in [-0.4, -0.2) is 25.6 Å². The quantitative estimate of drug-likeness (QED) is 0.783. The minimum atomic E-state index is 0.214. The Kier molecular flexibility index (Phi) is 4.02. The summed E-state index contributed by atoms with van der Waals surface area (Å²) >= 11 is 0. The first-order chi connectivity index (χ1) is 11.7. The fraction of sp³-hybridized carbons (Fsp3) is 0.421. The summed E-state index contributed by atoms with van der Waals surface area (Å²) in [5.74, 6) is 2.11. The Balaban J connectivity index is 1.48. The van der Waals surface area contributed by atoms with E-state index in [0.29, 0.717) is 17.9 Å². The summed E-state index contributed by atoms with van der Waals surface area (Å²) in [4.78, 5) is 4.11. The Labute approximate surface area is 142 Å². The molecule has 1 aliphatic rings. The van der Waals surface area contributed by atoms with Crippen molar-refractivity contribution in [1.29, 1.82) is 0 Å². The van der Waals surface area contributed by atoms with E-state index in [2.05, 4.69) is 50.9 Å². The molecule has 0 saturated heterocycles. The van der Waals surface area contributed by atoms with Crippen LogP contribution in [0.4, 0.5) is 0 Å². The summed E-state index contributed by atoms with van der Waals surface area (Å²) in [5.41, 5.74) is 2.31. The van der Waals surface area contributed by atoms with E-state index in [1.807, 2.05) is 36.8 Å². The molecule has 3 heterocycles. The van der Waals surface area contributed by atoms with Gasteiger partial charge in [-0.3, -0.25) is 9.38 Å². The van der Waals surface area contributed by atoms with Gasteiger partial charge in [0.1, 0.15) is 0 Å². The standard InChI is InChI=1S/C19H23N5/c1-13(2)18(19-23-22-17-5-3-4-10-24(17)19)21-16-11-15(12-16)14-6-8-20-9-7-14/h3-10,13,15-16,18,21H,11-12H2,1-2H3. The fourth-order valence-corrected chi connectivity index (χ4v) is 3.55. The maximum Gasteiger partial charge on any atom is 0.160 e. The number of aromatic nitrogens is 4. The molecule has 3 aromatic rings. The van der Waals surface area contributed by atoms with E-state index in [4.69, 9.17) is 0 Å². The normalized spacial score (nSPS) is 21.8. The highest BCUT2D eigenvalue weighted by atomic mass is 15.3. The molecule has 1 unspecified atom stereocenters. The Morgan fingerprint density at radius 2 is 1.88 bits per heavy atom. The van der Waals surface area contributed by atoms with E-state index < -0.39 is 0 Å². The van der Waals surface area contributed by atoms with Crippen molar-refractivity contribution in [2.24, 2.45) is 5.92 Å². The molecule has 1 atom stereocenters. The van der Waals surface area contributed by atoms with Gasteiger partial charge in [-0.05, 0) is 54.5 Å². The molecule has 4 rings (SSSR count). The first kappa shape index (κ1) is 15.3. The molecule has 1 aliphatic carbocycles. The third-order valence-corrected chi connectivity index (χ3v) is 5.02. The molecule has 5 heteroatoms. The van der Waals surface area contributed by atoms with E-state index >= 15 is 0 Å². The maximum absolute atomic E-state index is 4.45. The first-order valence-electron chi connectivity index (χ1n) is 8.68. The van der Waals surface area contributed by atoms with E-state index in [1.54, 1.807) is 0 Å². The van der Waals surface area contributed by atoms with Crippen LogP contribution in [0.1, 0.15) is 50.0 Å². The number of hydrogen-bond donors (Lipinski definition) is 1. The van der Waals surface area contributed by atoms with Gasteiger partial charge in [-0.15, -0.1) is 10.2 Å². The number of hydrogen-bond acceptors (Lipinski definition) is 4. The molecule has 1 saturated carbocycles. The summed E-state index contributed by atoms with van der Waals surface area (Å²) in [7, 11) is 0. The molecule has 124 valence electrons. The molecule has 0 aromatic carbocycles. The van der Waals surface area contributed by atoms with Crippen LogP contribution in [0.3, 0.4) is 0 Å². The molecular weight excluding hydrogens is 298 g/mol. The minimum absolute atomic E-state index is 0.214. The maximum atomic E-state index is 4.45. The van der Waals surface area contributed by atoms with Crippen molar-refractivity contribution in [1.82, 2.24) is 24.9 Å². The second kappa shape index (κ2) is 6.32. The first-order valence-corrected chi connectivity index (χ1v) is 8.68. The van der Waals surface area contributed by atoms with Gasteiger partial charge in [-0.1, -0.05) is 19.9 Å². The van der Waals surface area contributed by atoms with Gasteiger partial charge >= 0.3 is 0 Å². The van der Waals surface area contributed by atoms with Crippen LogP contribution in [0, 0.1) is 5.92 Å². The summed E-state index contributed by atoms with van der Waals surface area (Å²) in [6.45, 7) is 4.47. The van der Waals surface area contributed by atoms with Crippen LogP contribution in [0.15, 0.2) is 48.9 Å². The van der Waals surface area contributed by atoms with Crippen LogP contribution < -0.4 is 5.32 Å². The highest BCUT2D eigenvalue weighted by Gasteiger charge is 2.33. The Bertz CT molecular complexity index is 805. The molecule has 0 aliphatic heterocycles. The van der Waals surface area contributed by atoms with Gasteiger partial charge in [0.25, 0.3) is 0 Å². The average molecular weight is 321 g/mol. The van der Waals surface area contributed by atoms with Gasteiger partial charge in [-0.2, -0.15) is 0 Å².